The van der Waals surface area contributed by atoms with Crippen molar-refractivity contribution >= 4 is 40.7 Å². The zero-order valence-electron chi connectivity index (χ0n) is 7.44. The average molecular weight is 267 g/mol. The van der Waals surface area contributed by atoms with E-state index < -0.39 is 0 Å². The number of nitrogens with one attached hydrogen (secondary N) is 1. The molecule has 0 fully saturated rings. The monoisotopic (exact) mass is 265 g/mol. The highest BCUT2D eigenvalue weighted by atomic mass is 35.5. The first kappa shape index (κ1) is 10.9. The van der Waals surface area contributed by atoms with Crippen molar-refractivity contribution in [3.05, 3.63) is 26.7 Å². The molecule has 0 unspecified atom stereocenters. The molecule has 0 saturated heterocycles. The normalized spacial score (nSPS) is 15.0. The molecule has 0 bridgehead atoms. The summed E-state index contributed by atoms with van der Waals surface area (Å²) in [5, 5.41) is 3.32. The Hall–Kier alpha value is -0.640. The Morgan fingerprint density at radius 3 is 2.73 bits per heavy atom. The van der Waals surface area contributed by atoms with Crippen LogP contribution in [0.2, 0.25) is 15.1 Å². The van der Waals surface area contributed by atoms with Crippen molar-refractivity contribution in [2.75, 3.05) is 13.2 Å². The standard InChI is InChI=1S/C9H6Cl3NO2/c10-4-3-5(11)8-6(7(4)12)9(14)13-1-2-15-8/h3H,1-2H2,(H,13,14). The first-order valence-electron chi connectivity index (χ1n) is 4.19. The van der Waals surface area contributed by atoms with Crippen LogP contribution in [0.3, 0.4) is 0 Å². The largest absolute Gasteiger partial charge is 0.489 e. The maximum Gasteiger partial charge on any atom is 0.256 e. The molecule has 0 radical (unpaired) electrons. The minimum absolute atomic E-state index is 0.162. The molecule has 0 aromatic heterocycles. The lowest BCUT2D eigenvalue weighted by Crippen LogP contribution is -2.24. The Morgan fingerprint density at radius 1 is 1.27 bits per heavy atom. The van der Waals surface area contributed by atoms with Crippen molar-refractivity contribution in [1.29, 1.82) is 0 Å². The highest BCUT2D eigenvalue weighted by molar-refractivity contribution is 6.45. The molecule has 0 aliphatic carbocycles. The van der Waals surface area contributed by atoms with Crippen molar-refractivity contribution in [1.82, 2.24) is 5.32 Å². The topological polar surface area (TPSA) is 38.3 Å². The first-order valence-corrected chi connectivity index (χ1v) is 5.33. The number of ether oxygens (including phenoxy) is 1. The molecule has 0 spiro atoms. The van der Waals surface area contributed by atoms with Crippen LogP contribution in [0.5, 0.6) is 5.75 Å². The summed E-state index contributed by atoms with van der Waals surface area (Å²) in [4.78, 5) is 11.6. The fourth-order valence-corrected chi connectivity index (χ4v) is 2.07. The molecule has 2 rings (SSSR count). The number of carbonyl (C=O) groups excluding carboxylic acids is 1. The molecule has 1 aliphatic rings. The van der Waals surface area contributed by atoms with E-state index in [9.17, 15) is 4.79 Å². The van der Waals surface area contributed by atoms with Crippen LogP contribution in [0.1, 0.15) is 10.4 Å². The molecular weight excluding hydrogens is 260 g/mol. The number of hydrogen-bond acceptors (Lipinski definition) is 2. The van der Waals surface area contributed by atoms with Crippen molar-refractivity contribution in [3.63, 3.8) is 0 Å². The fraction of sp³-hybridized carbons (Fsp3) is 0.222. The SMILES string of the molecule is O=C1NCCOc2c(Cl)cc(Cl)c(Cl)c21. The first-order chi connectivity index (χ1) is 7.11. The van der Waals surface area contributed by atoms with Crippen LogP contribution in [-0.2, 0) is 0 Å². The second kappa shape index (κ2) is 4.08. The molecule has 1 aliphatic heterocycles. The maximum atomic E-state index is 11.6. The number of carbonyl (C=O) groups is 1. The van der Waals surface area contributed by atoms with Gasteiger partial charge in [0.05, 0.1) is 21.6 Å². The summed E-state index contributed by atoms with van der Waals surface area (Å²) in [5.41, 5.74) is 0.201. The van der Waals surface area contributed by atoms with Crippen LogP contribution >= 0.6 is 34.8 Å². The van der Waals surface area contributed by atoms with Gasteiger partial charge in [0.1, 0.15) is 12.2 Å². The quantitative estimate of drug-likeness (QED) is 0.733. The van der Waals surface area contributed by atoms with E-state index >= 15 is 0 Å². The van der Waals surface area contributed by atoms with Crippen molar-refractivity contribution in [3.8, 4) is 5.75 Å². The number of fused-ring (bicyclic) bond motifs is 1. The summed E-state index contributed by atoms with van der Waals surface area (Å²) in [5.74, 6) is -0.0297. The number of benzene rings is 1. The Bertz CT molecular complexity index is 434. The number of halogens is 3. The predicted octanol–water partition coefficient (Wildman–Crippen LogP) is 2.77. The minimum Gasteiger partial charge on any atom is -0.489 e. The molecule has 1 aromatic carbocycles. The minimum atomic E-state index is -0.322. The Kier molecular flexibility index (Phi) is 2.96. The van der Waals surface area contributed by atoms with Gasteiger partial charge in [-0.05, 0) is 6.07 Å². The number of amides is 1. The van der Waals surface area contributed by atoms with E-state index in [4.69, 9.17) is 39.5 Å². The van der Waals surface area contributed by atoms with Crippen molar-refractivity contribution in [2.24, 2.45) is 0 Å². The molecular formula is C9H6Cl3NO2. The highest BCUT2D eigenvalue weighted by Crippen LogP contribution is 2.39. The van der Waals surface area contributed by atoms with Gasteiger partial charge in [0.15, 0.2) is 5.75 Å². The van der Waals surface area contributed by atoms with Gasteiger partial charge >= 0.3 is 0 Å². The van der Waals surface area contributed by atoms with Crippen LogP contribution in [0.4, 0.5) is 0 Å². The van der Waals surface area contributed by atoms with Crippen LogP contribution in [-0.4, -0.2) is 19.1 Å². The third kappa shape index (κ3) is 1.87. The zero-order chi connectivity index (χ0) is 11.0. The summed E-state index contributed by atoms with van der Waals surface area (Å²) in [7, 11) is 0. The molecule has 6 heteroatoms. The molecule has 0 saturated carbocycles. The molecule has 1 heterocycles. The lowest BCUT2D eigenvalue weighted by Gasteiger charge is -2.10. The maximum absolute atomic E-state index is 11.6. The summed E-state index contributed by atoms with van der Waals surface area (Å²) in [6, 6.07) is 1.46. The van der Waals surface area contributed by atoms with Gasteiger partial charge in [-0.15, -0.1) is 0 Å². The van der Waals surface area contributed by atoms with Gasteiger partial charge < -0.3 is 10.1 Å². The summed E-state index contributed by atoms with van der Waals surface area (Å²) in [6.07, 6.45) is 0. The van der Waals surface area contributed by atoms with Gasteiger partial charge in [0.25, 0.3) is 5.91 Å². The van der Waals surface area contributed by atoms with Crippen LogP contribution in [0, 0.1) is 0 Å². The van der Waals surface area contributed by atoms with Crippen LogP contribution in [0.15, 0.2) is 6.07 Å². The van der Waals surface area contributed by atoms with Gasteiger partial charge in [-0.2, -0.15) is 0 Å². The molecule has 0 atom stereocenters. The summed E-state index contributed by atoms with van der Waals surface area (Å²) >= 11 is 17.6. The van der Waals surface area contributed by atoms with Crippen LogP contribution in [0.25, 0.3) is 0 Å². The van der Waals surface area contributed by atoms with Crippen molar-refractivity contribution < 1.29 is 9.53 Å². The Morgan fingerprint density at radius 2 is 2.00 bits per heavy atom. The van der Waals surface area contributed by atoms with Crippen LogP contribution < -0.4 is 10.1 Å². The summed E-state index contributed by atoms with van der Waals surface area (Å²) in [6.45, 7) is 0.772. The van der Waals surface area contributed by atoms with Crippen molar-refractivity contribution in [2.45, 2.75) is 0 Å². The molecule has 15 heavy (non-hydrogen) atoms. The fourth-order valence-electron chi connectivity index (χ4n) is 1.33. The third-order valence-electron chi connectivity index (χ3n) is 1.99. The lowest BCUT2D eigenvalue weighted by atomic mass is 10.2. The van der Waals surface area contributed by atoms with E-state index in [0.717, 1.165) is 0 Å². The number of hydrogen-bond donors (Lipinski definition) is 1. The summed E-state index contributed by atoms with van der Waals surface area (Å²) < 4.78 is 5.33. The van der Waals surface area contributed by atoms with E-state index in [-0.39, 0.29) is 26.5 Å². The van der Waals surface area contributed by atoms with Gasteiger partial charge in [-0.3, -0.25) is 4.79 Å². The average Bonchev–Trinajstić information content (AvgIpc) is 2.37. The molecule has 1 amide bonds. The van der Waals surface area contributed by atoms with Gasteiger partial charge in [0, 0.05) is 0 Å². The number of rotatable bonds is 0. The predicted molar refractivity (Wildman–Crippen MR) is 59.3 cm³/mol. The molecule has 1 aromatic rings. The van der Waals surface area contributed by atoms with Gasteiger partial charge in [0.2, 0.25) is 0 Å². The zero-order valence-corrected chi connectivity index (χ0v) is 9.71. The van der Waals surface area contributed by atoms with E-state index in [0.29, 0.717) is 18.9 Å². The second-order valence-electron chi connectivity index (χ2n) is 2.96. The molecule has 3 nitrogen and oxygen atoms in total. The van der Waals surface area contributed by atoms with E-state index in [1.807, 2.05) is 0 Å². The van der Waals surface area contributed by atoms with E-state index in [1.54, 1.807) is 0 Å². The second-order valence-corrected chi connectivity index (χ2v) is 4.16. The van der Waals surface area contributed by atoms with E-state index in [1.165, 1.54) is 6.07 Å². The van der Waals surface area contributed by atoms with Gasteiger partial charge in [-0.25, -0.2) is 0 Å². The third-order valence-corrected chi connectivity index (χ3v) is 3.06. The van der Waals surface area contributed by atoms with Gasteiger partial charge in [-0.1, -0.05) is 34.8 Å². The van der Waals surface area contributed by atoms with E-state index in [2.05, 4.69) is 5.32 Å². The Labute approximate surface area is 101 Å². The Balaban J connectivity index is 2.69. The highest BCUT2D eigenvalue weighted by Gasteiger charge is 2.24. The molecule has 1 N–H and O–H groups in total. The smallest absolute Gasteiger partial charge is 0.256 e. The molecule has 80 valence electrons. The lowest BCUT2D eigenvalue weighted by molar-refractivity contribution is 0.0957.